The molecular formula is C9H6Cl2O3. The van der Waals surface area contributed by atoms with Crippen LogP contribution in [-0.2, 0) is 4.79 Å². The van der Waals surface area contributed by atoms with Gasteiger partial charge in [-0.25, -0.2) is 4.79 Å². The zero-order valence-electron chi connectivity index (χ0n) is 6.87. The van der Waals surface area contributed by atoms with E-state index in [2.05, 4.69) is 0 Å². The van der Waals surface area contributed by atoms with E-state index in [9.17, 15) is 9.90 Å². The normalized spacial score (nSPS) is 10.7. The molecule has 0 heterocycles. The number of rotatable bonds is 2. The fraction of sp³-hybridized carbons (Fsp3) is 0. The molecule has 0 radical (unpaired) electrons. The first-order valence-corrected chi connectivity index (χ1v) is 4.35. The molecule has 0 saturated carbocycles. The SMILES string of the molecule is O=C(O)/C=C/c1cc(Cl)c(Cl)cc1O. The van der Waals surface area contributed by atoms with Gasteiger partial charge in [-0.15, -0.1) is 0 Å². The number of carbonyl (C=O) groups is 1. The average Bonchev–Trinajstić information content (AvgIpc) is 2.09. The summed E-state index contributed by atoms with van der Waals surface area (Å²) in [5.74, 6) is -1.22. The fourth-order valence-electron chi connectivity index (χ4n) is 0.846. The van der Waals surface area contributed by atoms with E-state index in [0.29, 0.717) is 5.56 Å². The molecule has 0 fully saturated rings. The van der Waals surface area contributed by atoms with Gasteiger partial charge in [0.1, 0.15) is 5.75 Å². The molecule has 0 amide bonds. The molecule has 0 bridgehead atoms. The van der Waals surface area contributed by atoms with Gasteiger partial charge in [0.25, 0.3) is 0 Å². The number of carboxylic acid groups (broad SMARTS) is 1. The number of halogens is 2. The number of phenolic OH excluding ortho intramolecular Hbond substituents is 1. The second-order valence-corrected chi connectivity index (χ2v) is 3.31. The molecule has 0 aromatic heterocycles. The molecule has 5 heteroatoms. The van der Waals surface area contributed by atoms with Gasteiger partial charge in [0, 0.05) is 17.7 Å². The lowest BCUT2D eigenvalue weighted by Crippen LogP contribution is -1.86. The summed E-state index contributed by atoms with van der Waals surface area (Å²) in [4.78, 5) is 10.2. The number of benzene rings is 1. The lowest BCUT2D eigenvalue weighted by atomic mass is 10.2. The molecule has 1 aromatic carbocycles. The third-order valence-electron chi connectivity index (χ3n) is 1.48. The summed E-state index contributed by atoms with van der Waals surface area (Å²) in [5.41, 5.74) is 0.307. The van der Waals surface area contributed by atoms with Crippen molar-refractivity contribution in [2.75, 3.05) is 0 Å². The van der Waals surface area contributed by atoms with Gasteiger partial charge in [-0.3, -0.25) is 0 Å². The smallest absolute Gasteiger partial charge is 0.328 e. The van der Waals surface area contributed by atoms with Crippen molar-refractivity contribution in [2.45, 2.75) is 0 Å². The molecule has 0 atom stereocenters. The maximum atomic E-state index is 10.2. The first kappa shape index (κ1) is 10.9. The molecule has 0 aliphatic carbocycles. The molecule has 0 unspecified atom stereocenters. The highest BCUT2D eigenvalue weighted by Crippen LogP contribution is 2.30. The van der Waals surface area contributed by atoms with E-state index in [1.54, 1.807) is 0 Å². The van der Waals surface area contributed by atoms with Gasteiger partial charge in [0.15, 0.2) is 0 Å². The second kappa shape index (κ2) is 4.35. The predicted octanol–water partition coefficient (Wildman–Crippen LogP) is 2.80. The summed E-state index contributed by atoms with van der Waals surface area (Å²) in [7, 11) is 0. The molecule has 3 nitrogen and oxygen atoms in total. The van der Waals surface area contributed by atoms with Crippen LogP contribution in [0.4, 0.5) is 0 Å². The lowest BCUT2D eigenvalue weighted by molar-refractivity contribution is -0.131. The number of hydrogen-bond donors (Lipinski definition) is 2. The Morgan fingerprint density at radius 3 is 2.43 bits per heavy atom. The summed E-state index contributed by atoms with van der Waals surface area (Å²) in [6, 6.07) is 2.64. The van der Waals surface area contributed by atoms with Crippen molar-refractivity contribution in [3.8, 4) is 5.75 Å². The Kier molecular flexibility index (Phi) is 3.38. The molecule has 74 valence electrons. The van der Waals surface area contributed by atoms with Gasteiger partial charge in [-0.2, -0.15) is 0 Å². The van der Waals surface area contributed by atoms with Crippen molar-refractivity contribution >= 4 is 35.2 Å². The molecule has 2 N–H and O–H groups in total. The Bertz CT molecular complexity index is 399. The van der Waals surface area contributed by atoms with Crippen LogP contribution < -0.4 is 0 Å². The third kappa shape index (κ3) is 2.65. The largest absolute Gasteiger partial charge is 0.507 e. The minimum atomic E-state index is -1.10. The topological polar surface area (TPSA) is 57.5 Å². The van der Waals surface area contributed by atoms with E-state index in [1.807, 2.05) is 0 Å². The summed E-state index contributed by atoms with van der Waals surface area (Å²) in [6.45, 7) is 0. The first-order chi connectivity index (χ1) is 6.50. The van der Waals surface area contributed by atoms with Crippen LogP contribution in [0.1, 0.15) is 5.56 Å². The van der Waals surface area contributed by atoms with E-state index in [-0.39, 0.29) is 15.8 Å². The Morgan fingerprint density at radius 2 is 1.86 bits per heavy atom. The van der Waals surface area contributed by atoms with Crippen LogP contribution in [0.3, 0.4) is 0 Å². The highest BCUT2D eigenvalue weighted by atomic mass is 35.5. The van der Waals surface area contributed by atoms with Crippen molar-refractivity contribution < 1.29 is 15.0 Å². The van der Waals surface area contributed by atoms with E-state index in [4.69, 9.17) is 28.3 Å². The predicted molar refractivity (Wildman–Crippen MR) is 54.8 cm³/mol. The number of carboxylic acids is 1. The lowest BCUT2D eigenvalue weighted by Gasteiger charge is -2.01. The van der Waals surface area contributed by atoms with Crippen molar-refractivity contribution in [1.82, 2.24) is 0 Å². The molecule has 14 heavy (non-hydrogen) atoms. The van der Waals surface area contributed by atoms with Crippen molar-refractivity contribution in [3.05, 3.63) is 33.8 Å². The number of aromatic hydroxyl groups is 1. The third-order valence-corrected chi connectivity index (χ3v) is 2.20. The Balaban J connectivity index is 3.10. The molecule has 1 aromatic rings. The van der Waals surface area contributed by atoms with Gasteiger partial charge < -0.3 is 10.2 Å². The highest BCUT2D eigenvalue weighted by molar-refractivity contribution is 6.42. The van der Waals surface area contributed by atoms with Gasteiger partial charge in [0.2, 0.25) is 0 Å². The van der Waals surface area contributed by atoms with E-state index in [0.717, 1.165) is 6.08 Å². The molecule has 0 aliphatic rings. The summed E-state index contributed by atoms with van der Waals surface area (Å²) in [5, 5.41) is 18.2. The average molecular weight is 233 g/mol. The number of aliphatic carboxylic acids is 1. The Morgan fingerprint density at radius 1 is 1.29 bits per heavy atom. The van der Waals surface area contributed by atoms with Crippen LogP contribution in [0.2, 0.25) is 10.0 Å². The van der Waals surface area contributed by atoms with Gasteiger partial charge in [-0.05, 0) is 12.1 Å². The van der Waals surface area contributed by atoms with Gasteiger partial charge in [0.05, 0.1) is 10.0 Å². The minimum absolute atomic E-state index is 0.114. The zero-order chi connectivity index (χ0) is 10.7. The maximum Gasteiger partial charge on any atom is 0.328 e. The minimum Gasteiger partial charge on any atom is -0.507 e. The molecular weight excluding hydrogens is 227 g/mol. The summed E-state index contributed by atoms with van der Waals surface area (Å²) >= 11 is 11.3. The summed E-state index contributed by atoms with van der Waals surface area (Å²) < 4.78 is 0. The molecule has 0 saturated heterocycles. The van der Waals surface area contributed by atoms with E-state index in [1.165, 1.54) is 18.2 Å². The van der Waals surface area contributed by atoms with Crippen LogP contribution in [0.25, 0.3) is 6.08 Å². The Labute approximate surface area is 90.2 Å². The fourth-order valence-corrected chi connectivity index (χ4v) is 1.18. The van der Waals surface area contributed by atoms with Crippen LogP contribution in [-0.4, -0.2) is 16.2 Å². The molecule has 1 rings (SSSR count). The second-order valence-electron chi connectivity index (χ2n) is 2.50. The van der Waals surface area contributed by atoms with Crippen LogP contribution in [0.5, 0.6) is 5.75 Å². The van der Waals surface area contributed by atoms with E-state index < -0.39 is 5.97 Å². The van der Waals surface area contributed by atoms with Gasteiger partial charge >= 0.3 is 5.97 Å². The van der Waals surface area contributed by atoms with Crippen molar-refractivity contribution in [1.29, 1.82) is 0 Å². The quantitative estimate of drug-likeness (QED) is 0.772. The highest BCUT2D eigenvalue weighted by Gasteiger charge is 2.04. The number of phenols is 1. The zero-order valence-corrected chi connectivity index (χ0v) is 8.38. The monoisotopic (exact) mass is 232 g/mol. The van der Waals surface area contributed by atoms with Gasteiger partial charge in [-0.1, -0.05) is 23.2 Å². The number of hydrogen-bond acceptors (Lipinski definition) is 2. The van der Waals surface area contributed by atoms with Crippen LogP contribution >= 0.6 is 23.2 Å². The maximum absolute atomic E-state index is 10.2. The van der Waals surface area contributed by atoms with Crippen LogP contribution in [0, 0.1) is 0 Å². The van der Waals surface area contributed by atoms with E-state index >= 15 is 0 Å². The van der Waals surface area contributed by atoms with Crippen LogP contribution in [0.15, 0.2) is 18.2 Å². The molecule has 0 spiro atoms. The first-order valence-electron chi connectivity index (χ1n) is 3.59. The van der Waals surface area contributed by atoms with Crippen molar-refractivity contribution in [3.63, 3.8) is 0 Å². The Hall–Kier alpha value is -1.19. The van der Waals surface area contributed by atoms with Crippen molar-refractivity contribution in [2.24, 2.45) is 0 Å². The summed E-state index contributed by atoms with van der Waals surface area (Å²) in [6.07, 6.45) is 2.14. The standard InChI is InChI=1S/C9H6Cl2O3/c10-6-3-5(1-2-9(13)14)8(12)4-7(6)11/h1-4,12H,(H,13,14)/b2-1+. The molecule has 0 aliphatic heterocycles.